The topological polar surface area (TPSA) is 76.6 Å². The quantitative estimate of drug-likeness (QED) is 0.781. The first-order chi connectivity index (χ1) is 11.8. The molecule has 0 aliphatic heterocycles. The maximum atomic E-state index is 12.0. The van der Waals surface area contributed by atoms with Crippen LogP contribution in [0.3, 0.4) is 0 Å². The number of methoxy groups -OCH3 is 1. The zero-order chi connectivity index (χ0) is 18.6. The van der Waals surface area contributed by atoms with E-state index in [1.165, 1.54) is 0 Å². The van der Waals surface area contributed by atoms with E-state index in [0.29, 0.717) is 13.1 Å². The highest BCUT2D eigenvalue weighted by Crippen LogP contribution is 2.21. The molecule has 1 heterocycles. The summed E-state index contributed by atoms with van der Waals surface area (Å²) in [5.74, 6) is 1.66. The molecule has 7 nitrogen and oxygen atoms in total. The number of amides is 1. The maximum Gasteiger partial charge on any atom is 0.408 e. The molecule has 0 aliphatic carbocycles. The Bertz CT molecular complexity index is 747. The number of fused-ring (bicyclic) bond motifs is 1. The maximum absolute atomic E-state index is 12.0. The van der Waals surface area contributed by atoms with Crippen LogP contribution in [0.4, 0.5) is 4.79 Å². The summed E-state index contributed by atoms with van der Waals surface area (Å²) >= 11 is 0. The number of hydrogen-bond donors (Lipinski definition) is 2. The molecule has 0 aliphatic rings. The van der Waals surface area contributed by atoms with Crippen molar-refractivity contribution in [3.8, 4) is 5.75 Å². The van der Waals surface area contributed by atoms with Gasteiger partial charge in [0.1, 0.15) is 24.4 Å². The van der Waals surface area contributed by atoms with Crippen molar-refractivity contribution in [3.63, 3.8) is 0 Å². The number of carbonyl (C=O) groups excluding carboxylic acids is 1. The fourth-order valence-electron chi connectivity index (χ4n) is 2.86. The number of alkyl carbamates (subject to hydrolysis) is 1. The Morgan fingerprint density at radius 1 is 1.36 bits per heavy atom. The molecule has 138 valence electrons. The van der Waals surface area contributed by atoms with E-state index in [1.54, 1.807) is 7.11 Å². The Labute approximate surface area is 148 Å². The standard InChI is InChI=1S/C18H27N3O4/c1-6-20-15-11-13(24-5)7-8-14(15)21(9-10-22)16(20)12-19-17(23)25-18(2,3)4/h7-8,11,22H,6,9-10,12H2,1-5H3/p+1. The smallest absolute Gasteiger partial charge is 0.408 e. The summed E-state index contributed by atoms with van der Waals surface area (Å²) in [5, 5.41) is 12.3. The molecule has 0 radical (unpaired) electrons. The monoisotopic (exact) mass is 350 g/mol. The van der Waals surface area contributed by atoms with Crippen LogP contribution < -0.4 is 14.6 Å². The van der Waals surface area contributed by atoms with Crippen molar-refractivity contribution in [2.24, 2.45) is 0 Å². The van der Waals surface area contributed by atoms with E-state index in [0.717, 1.165) is 29.2 Å². The molecular formula is C18H28N3O4+. The first kappa shape index (κ1) is 19.1. The summed E-state index contributed by atoms with van der Waals surface area (Å²) < 4.78 is 14.7. The van der Waals surface area contributed by atoms with Crippen molar-refractivity contribution in [2.45, 2.75) is 52.9 Å². The van der Waals surface area contributed by atoms with Gasteiger partial charge >= 0.3 is 6.09 Å². The fourth-order valence-corrected chi connectivity index (χ4v) is 2.86. The fraction of sp³-hybridized carbons (Fsp3) is 0.556. The number of benzene rings is 1. The second-order valence-electron chi connectivity index (χ2n) is 6.75. The third-order valence-electron chi connectivity index (χ3n) is 3.82. The van der Waals surface area contributed by atoms with E-state index in [2.05, 4.69) is 9.88 Å². The molecule has 2 N–H and O–H groups in total. The van der Waals surface area contributed by atoms with E-state index < -0.39 is 11.7 Å². The predicted octanol–water partition coefficient (Wildman–Crippen LogP) is 1.97. The highest BCUT2D eigenvalue weighted by atomic mass is 16.6. The largest absolute Gasteiger partial charge is 0.497 e. The van der Waals surface area contributed by atoms with E-state index in [1.807, 2.05) is 50.5 Å². The minimum Gasteiger partial charge on any atom is -0.497 e. The van der Waals surface area contributed by atoms with Crippen LogP contribution in [0.15, 0.2) is 18.2 Å². The molecule has 0 saturated carbocycles. The number of nitrogens with zero attached hydrogens (tertiary/aromatic N) is 2. The third kappa shape index (κ3) is 4.42. The van der Waals surface area contributed by atoms with Gasteiger partial charge in [0.05, 0.1) is 20.3 Å². The molecule has 1 aromatic heterocycles. The number of aliphatic hydroxyl groups excluding tert-OH is 1. The highest BCUT2D eigenvalue weighted by Gasteiger charge is 2.25. The first-order valence-corrected chi connectivity index (χ1v) is 8.47. The molecule has 0 atom stereocenters. The molecule has 0 fully saturated rings. The average molecular weight is 350 g/mol. The van der Waals surface area contributed by atoms with Crippen LogP contribution in [0.1, 0.15) is 33.5 Å². The van der Waals surface area contributed by atoms with Crippen molar-refractivity contribution in [1.82, 2.24) is 9.88 Å². The number of imidazole rings is 1. The molecule has 2 aromatic rings. The number of aryl methyl sites for hydroxylation is 1. The summed E-state index contributed by atoms with van der Waals surface area (Å²) in [7, 11) is 1.63. The first-order valence-electron chi connectivity index (χ1n) is 8.47. The number of ether oxygens (including phenoxy) is 2. The Balaban J connectivity index is 2.39. The van der Waals surface area contributed by atoms with Gasteiger partial charge in [-0.1, -0.05) is 0 Å². The van der Waals surface area contributed by atoms with E-state index in [4.69, 9.17) is 9.47 Å². The molecule has 0 spiro atoms. The normalized spacial score (nSPS) is 11.6. The van der Waals surface area contributed by atoms with Gasteiger partial charge in [0, 0.05) is 6.07 Å². The summed E-state index contributed by atoms with van der Waals surface area (Å²) in [5.41, 5.74) is 1.43. The molecule has 25 heavy (non-hydrogen) atoms. The number of aromatic nitrogens is 2. The van der Waals surface area contributed by atoms with Gasteiger partial charge in [-0.2, -0.15) is 0 Å². The van der Waals surface area contributed by atoms with Crippen LogP contribution in [-0.2, 0) is 24.4 Å². The lowest BCUT2D eigenvalue weighted by atomic mass is 10.2. The second kappa shape index (κ2) is 7.74. The van der Waals surface area contributed by atoms with Crippen LogP contribution in [0.2, 0.25) is 0 Å². The van der Waals surface area contributed by atoms with Gasteiger partial charge < -0.3 is 19.9 Å². The number of aliphatic hydroxyl groups is 1. The minimum absolute atomic E-state index is 0.0129. The Kier molecular flexibility index (Phi) is 5.89. The van der Waals surface area contributed by atoms with Crippen LogP contribution >= 0.6 is 0 Å². The Morgan fingerprint density at radius 3 is 2.64 bits per heavy atom. The molecule has 1 aromatic carbocycles. The van der Waals surface area contributed by atoms with Crippen LogP contribution in [-0.4, -0.2) is 35.1 Å². The number of carbonyl (C=O) groups is 1. The average Bonchev–Trinajstić information content (AvgIpc) is 2.83. The van der Waals surface area contributed by atoms with E-state index >= 15 is 0 Å². The van der Waals surface area contributed by atoms with Crippen LogP contribution in [0, 0.1) is 0 Å². The zero-order valence-electron chi connectivity index (χ0n) is 15.6. The van der Waals surface area contributed by atoms with Gasteiger partial charge in [-0.15, -0.1) is 0 Å². The predicted molar refractivity (Wildman–Crippen MR) is 94.5 cm³/mol. The van der Waals surface area contributed by atoms with Crippen molar-refractivity contribution < 1.29 is 23.9 Å². The zero-order valence-corrected chi connectivity index (χ0v) is 15.6. The summed E-state index contributed by atoms with van der Waals surface area (Å²) in [4.78, 5) is 12.0. The summed E-state index contributed by atoms with van der Waals surface area (Å²) in [6.45, 7) is 9.02. The van der Waals surface area contributed by atoms with Crippen LogP contribution in [0.5, 0.6) is 5.75 Å². The molecule has 1 amide bonds. The molecule has 0 unspecified atom stereocenters. The van der Waals surface area contributed by atoms with Gasteiger partial charge in [-0.05, 0) is 39.8 Å². The van der Waals surface area contributed by atoms with Gasteiger partial charge in [-0.25, -0.2) is 13.9 Å². The van der Waals surface area contributed by atoms with Crippen molar-refractivity contribution in [2.75, 3.05) is 13.7 Å². The Morgan fingerprint density at radius 2 is 2.08 bits per heavy atom. The lowest BCUT2D eigenvalue weighted by Gasteiger charge is -2.19. The lowest BCUT2D eigenvalue weighted by molar-refractivity contribution is -0.681. The number of rotatable bonds is 6. The molecule has 7 heteroatoms. The minimum atomic E-state index is -0.546. The second-order valence-corrected chi connectivity index (χ2v) is 6.75. The Hall–Kier alpha value is -2.28. The van der Waals surface area contributed by atoms with Gasteiger partial charge in [0.15, 0.2) is 11.0 Å². The lowest BCUT2D eigenvalue weighted by Crippen LogP contribution is -2.43. The highest BCUT2D eigenvalue weighted by molar-refractivity contribution is 5.74. The molecule has 2 rings (SSSR count). The van der Waals surface area contributed by atoms with Gasteiger partial charge in [0.25, 0.3) is 5.82 Å². The molecular weight excluding hydrogens is 322 g/mol. The van der Waals surface area contributed by atoms with Gasteiger partial charge in [-0.3, -0.25) is 0 Å². The van der Waals surface area contributed by atoms with Crippen LogP contribution in [0.25, 0.3) is 11.0 Å². The van der Waals surface area contributed by atoms with Crippen molar-refractivity contribution >= 4 is 17.1 Å². The molecule has 0 bridgehead atoms. The number of nitrogens with one attached hydrogen (secondary N) is 1. The summed E-state index contributed by atoms with van der Waals surface area (Å²) in [6.07, 6.45) is -0.464. The number of hydrogen-bond acceptors (Lipinski definition) is 4. The SMILES string of the molecule is CCn1c(CNC(=O)OC(C)(C)C)[n+](CCO)c2ccc(OC)cc21. The van der Waals surface area contributed by atoms with E-state index in [9.17, 15) is 9.90 Å². The summed E-state index contributed by atoms with van der Waals surface area (Å²) in [6, 6.07) is 5.82. The van der Waals surface area contributed by atoms with Crippen molar-refractivity contribution in [3.05, 3.63) is 24.0 Å². The molecule has 0 saturated heterocycles. The third-order valence-corrected chi connectivity index (χ3v) is 3.82. The van der Waals surface area contributed by atoms with Crippen molar-refractivity contribution in [1.29, 1.82) is 0 Å². The van der Waals surface area contributed by atoms with Gasteiger partial charge in [0.2, 0.25) is 0 Å². The van der Waals surface area contributed by atoms with E-state index in [-0.39, 0.29) is 6.61 Å².